The first-order valence-electron chi connectivity index (χ1n) is 6.33. The van der Waals surface area contributed by atoms with Gasteiger partial charge in [-0.2, -0.15) is 0 Å². The van der Waals surface area contributed by atoms with Crippen molar-refractivity contribution in [3.8, 4) is 0 Å². The second-order valence-corrected chi connectivity index (χ2v) is 6.10. The predicted molar refractivity (Wildman–Crippen MR) is 68.6 cm³/mol. The van der Waals surface area contributed by atoms with Crippen LogP contribution >= 0.6 is 0 Å². The quantitative estimate of drug-likeness (QED) is 0.858. The van der Waals surface area contributed by atoms with Crippen LogP contribution in [0.4, 0.5) is 0 Å². The second kappa shape index (κ2) is 5.63. The van der Waals surface area contributed by atoms with Crippen molar-refractivity contribution in [3.05, 3.63) is 11.8 Å². The smallest absolute Gasteiger partial charge is 0.230 e. The third kappa shape index (κ3) is 4.86. The van der Waals surface area contributed by atoms with Crippen LogP contribution in [0.2, 0.25) is 0 Å². The third-order valence-electron chi connectivity index (χ3n) is 3.13. The predicted octanol–water partition coefficient (Wildman–Crippen LogP) is 2.79. The summed E-state index contributed by atoms with van der Waals surface area (Å²) < 4.78 is 5.62. The van der Waals surface area contributed by atoms with Gasteiger partial charge in [-0.25, -0.2) is 0 Å². The lowest BCUT2D eigenvalue weighted by Gasteiger charge is -2.25. The normalized spacial score (nSPS) is 14.3. The second-order valence-electron chi connectivity index (χ2n) is 6.10. The lowest BCUT2D eigenvalue weighted by atomic mass is 9.80. The average Bonchev–Trinajstić information content (AvgIpc) is 2.61. The van der Waals surface area contributed by atoms with Crippen molar-refractivity contribution in [1.29, 1.82) is 0 Å². The van der Waals surface area contributed by atoms with Crippen molar-refractivity contribution in [3.63, 3.8) is 0 Å². The van der Waals surface area contributed by atoms with Crippen LogP contribution < -0.4 is 5.32 Å². The molecule has 0 bridgehead atoms. The van der Waals surface area contributed by atoms with E-state index in [1.165, 1.54) is 0 Å². The molecule has 0 spiro atoms. The molecule has 1 aromatic rings. The van der Waals surface area contributed by atoms with Gasteiger partial charge in [0, 0.05) is 12.5 Å². The zero-order valence-corrected chi connectivity index (χ0v) is 11.9. The first kappa shape index (κ1) is 14.2. The standard InChI is InChI=1S/C13H25N3O/c1-9(2)14-8-12-16-15-11(17-12)7-10(3)13(4,5)6/h9-10,14H,7-8H2,1-6H3. The molecule has 1 unspecified atom stereocenters. The van der Waals surface area contributed by atoms with E-state index in [0.717, 1.165) is 12.3 Å². The highest BCUT2D eigenvalue weighted by atomic mass is 16.4. The fraction of sp³-hybridized carbons (Fsp3) is 0.846. The number of hydrogen-bond donors (Lipinski definition) is 1. The van der Waals surface area contributed by atoms with Crippen molar-refractivity contribution in [1.82, 2.24) is 15.5 Å². The Hall–Kier alpha value is -0.900. The summed E-state index contributed by atoms with van der Waals surface area (Å²) >= 11 is 0. The van der Waals surface area contributed by atoms with Gasteiger partial charge in [-0.3, -0.25) is 0 Å². The Morgan fingerprint density at radius 1 is 1.12 bits per heavy atom. The van der Waals surface area contributed by atoms with Crippen molar-refractivity contribution in [2.24, 2.45) is 11.3 Å². The molecule has 0 aliphatic rings. The summed E-state index contributed by atoms with van der Waals surface area (Å²) in [5.41, 5.74) is 0.269. The van der Waals surface area contributed by atoms with Crippen LogP contribution in [0.3, 0.4) is 0 Å². The topological polar surface area (TPSA) is 51.0 Å². The minimum absolute atomic E-state index is 0.269. The molecule has 1 heterocycles. The summed E-state index contributed by atoms with van der Waals surface area (Å²) in [4.78, 5) is 0. The molecule has 0 aliphatic carbocycles. The first-order chi connectivity index (χ1) is 7.79. The van der Waals surface area contributed by atoms with Crippen molar-refractivity contribution >= 4 is 0 Å². The third-order valence-corrected chi connectivity index (χ3v) is 3.13. The van der Waals surface area contributed by atoms with Crippen molar-refractivity contribution in [2.75, 3.05) is 0 Å². The van der Waals surface area contributed by atoms with Crippen LogP contribution in [0.15, 0.2) is 4.42 Å². The van der Waals surface area contributed by atoms with Crippen molar-refractivity contribution in [2.45, 2.75) is 60.5 Å². The molecule has 1 rings (SSSR count). The Morgan fingerprint density at radius 2 is 1.71 bits per heavy atom. The molecular formula is C13H25N3O. The maximum Gasteiger partial charge on any atom is 0.230 e. The van der Waals surface area contributed by atoms with Crippen LogP contribution in [0.5, 0.6) is 0 Å². The molecule has 4 nitrogen and oxygen atoms in total. The Labute approximate surface area is 104 Å². The lowest BCUT2D eigenvalue weighted by Crippen LogP contribution is -2.22. The maximum absolute atomic E-state index is 5.62. The minimum Gasteiger partial charge on any atom is -0.424 e. The zero-order chi connectivity index (χ0) is 13.1. The number of aromatic nitrogens is 2. The molecule has 4 heteroatoms. The molecular weight excluding hydrogens is 214 g/mol. The molecule has 0 amide bonds. The van der Waals surface area contributed by atoms with E-state index in [1.807, 2.05) is 0 Å². The fourth-order valence-electron chi connectivity index (χ4n) is 1.30. The van der Waals surface area contributed by atoms with Gasteiger partial charge >= 0.3 is 0 Å². The fourth-order valence-corrected chi connectivity index (χ4v) is 1.30. The molecule has 0 aliphatic heterocycles. The number of nitrogens with one attached hydrogen (secondary N) is 1. The van der Waals surface area contributed by atoms with E-state index in [2.05, 4.69) is 57.1 Å². The van der Waals surface area contributed by atoms with Crippen LogP contribution in [-0.4, -0.2) is 16.2 Å². The van der Waals surface area contributed by atoms with Gasteiger partial charge in [0.1, 0.15) is 0 Å². The van der Waals surface area contributed by atoms with Gasteiger partial charge in [0.15, 0.2) is 0 Å². The van der Waals surface area contributed by atoms with Crippen LogP contribution in [0, 0.1) is 11.3 Å². The van der Waals surface area contributed by atoms with E-state index in [4.69, 9.17) is 4.42 Å². The highest BCUT2D eigenvalue weighted by Gasteiger charge is 2.22. The molecule has 0 saturated carbocycles. The number of rotatable bonds is 5. The molecule has 0 aromatic carbocycles. The Balaban J connectivity index is 2.51. The van der Waals surface area contributed by atoms with E-state index >= 15 is 0 Å². The maximum atomic E-state index is 5.62. The largest absolute Gasteiger partial charge is 0.424 e. The molecule has 0 saturated heterocycles. The van der Waals surface area contributed by atoms with Gasteiger partial charge in [-0.15, -0.1) is 10.2 Å². The first-order valence-corrected chi connectivity index (χ1v) is 6.33. The average molecular weight is 239 g/mol. The summed E-state index contributed by atoms with van der Waals surface area (Å²) in [5.74, 6) is 1.94. The van der Waals surface area contributed by atoms with Crippen LogP contribution in [0.25, 0.3) is 0 Å². The Morgan fingerprint density at radius 3 is 2.24 bits per heavy atom. The summed E-state index contributed by atoms with van der Waals surface area (Å²) in [6.07, 6.45) is 0.845. The van der Waals surface area contributed by atoms with Gasteiger partial charge in [0.25, 0.3) is 0 Å². The van der Waals surface area contributed by atoms with E-state index < -0.39 is 0 Å². The summed E-state index contributed by atoms with van der Waals surface area (Å²) in [5, 5.41) is 11.4. The van der Waals surface area contributed by atoms with E-state index in [-0.39, 0.29) is 5.41 Å². The molecule has 1 aromatic heterocycles. The Bertz CT molecular complexity index is 339. The van der Waals surface area contributed by atoms with Gasteiger partial charge in [0.05, 0.1) is 6.54 Å². The lowest BCUT2D eigenvalue weighted by molar-refractivity contribution is 0.243. The summed E-state index contributed by atoms with van der Waals surface area (Å²) in [6, 6.07) is 0.429. The van der Waals surface area contributed by atoms with Gasteiger partial charge < -0.3 is 9.73 Å². The highest BCUT2D eigenvalue weighted by molar-refractivity contribution is 4.86. The van der Waals surface area contributed by atoms with E-state index in [1.54, 1.807) is 0 Å². The number of nitrogens with zero attached hydrogens (tertiary/aromatic N) is 2. The Kier molecular flexibility index (Phi) is 4.69. The highest BCUT2D eigenvalue weighted by Crippen LogP contribution is 2.27. The van der Waals surface area contributed by atoms with E-state index in [9.17, 15) is 0 Å². The molecule has 1 N–H and O–H groups in total. The minimum atomic E-state index is 0.269. The van der Waals surface area contributed by atoms with Crippen LogP contribution in [-0.2, 0) is 13.0 Å². The summed E-state index contributed by atoms with van der Waals surface area (Å²) in [6.45, 7) is 13.8. The monoisotopic (exact) mass is 239 g/mol. The number of hydrogen-bond acceptors (Lipinski definition) is 4. The van der Waals surface area contributed by atoms with Gasteiger partial charge in [-0.05, 0) is 11.3 Å². The SMILES string of the molecule is CC(C)NCc1nnc(CC(C)C(C)(C)C)o1. The molecule has 0 fully saturated rings. The molecule has 17 heavy (non-hydrogen) atoms. The van der Waals surface area contributed by atoms with Gasteiger partial charge in [0.2, 0.25) is 11.8 Å². The van der Waals surface area contributed by atoms with Crippen LogP contribution in [0.1, 0.15) is 53.3 Å². The van der Waals surface area contributed by atoms with Gasteiger partial charge in [-0.1, -0.05) is 41.5 Å². The summed E-state index contributed by atoms with van der Waals surface area (Å²) in [7, 11) is 0. The van der Waals surface area contributed by atoms with Crippen molar-refractivity contribution < 1.29 is 4.42 Å². The van der Waals surface area contributed by atoms with E-state index in [0.29, 0.717) is 24.4 Å². The molecule has 98 valence electrons. The molecule has 0 radical (unpaired) electrons. The zero-order valence-electron chi connectivity index (χ0n) is 11.9. The molecule has 1 atom stereocenters.